The van der Waals surface area contributed by atoms with Gasteiger partial charge in [-0.05, 0) is 23.6 Å². The minimum Gasteiger partial charge on any atom is -0.346 e. The maximum absolute atomic E-state index is 11.0. The molecule has 4 nitrogen and oxygen atoms in total. The molecule has 2 aromatic rings. The second-order valence-electron chi connectivity index (χ2n) is 4.59. The molecule has 0 saturated heterocycles. The number of aromatic nitrogens is 1. The van der Waals surface area contributed by atoms with E-state index in [4.69, 9.17) is 11.6 Å². The number of sulfone groups is 1. The molecule has 0 bridgehead atoms. The fourth-order valence-electron chi connectivity index (χ4n) is 1.93. The summed E-state index contributed by atoms with van der Waals surface area (Å²) in [6.07, 6.45) is 3.26. The zero-order valence-corrected chi connectivity index (χ0v) is 12.3. The minimum absolute atomic E-state index is 0.172. The lowest BCUT2D eigenvalue weighted by Gasteiger charge is -2.07. The molecule has 104 valence electrons. The number of fused-ring (bicyclic) bond motifs is 1. The van der Waals surface area contributed by atoms with Crippen molar-refractivity contribution < 1.29 is 8.42 Å². The van der Waals surface area contributed by atoms with Crippen molar-refractivity contribution in [2.24, 2.45) is 0 Å². The number of nitrogens with one attached hydrogen (secondary N) is 1. The van der Waals surface area contributed by atoms with Crippen molar-refractivity contribution in [3.8, 4) is 0 Å². The second-order valence-corrected chi connectivity index (χ2v) is 7.29. The van der Waals surface area contributed by atoms with E-state index in [1.807, 2.05) is 30.5 Å². The molecule has 1 aromatic heterocycles. The van der Waals surface area contributed by atoms with Crippen molar-refractivity contribution >= 4 is 32.3 Å². The van der Waals surface area contributed by atoms with Crippen LogP contribution >= 0.6 is 11.6 Å². The van der Waals surface area contributed by atoms with Crippen molar-refractivity contribution in [2.45, 2.75) is 6.54 Å². The number of rotatable bonds is 6. The van der Waals surface area contributed by atoms with Crippen molar-refractivity contribution in [2.75, 3.05) is 25.1 Å². The molecule has 0 radical (unpaired) electrons. The monoisotopic (exact) mass is 300 g/mol. The van der Waals surface area contributed by atoms with Crippen LogP contribution in [-0.4, -0.2) is 38.1 Å². The van der Waals surface area contributed by atoms with E-state index < -0.39 is 9.84 Å². The Morgan fingerprint density at radius 1 is 1.26 bits per heavy atom. The predicted octanol–water partition coefficient (Wildman–Crippen LogP) is 1.93. The highest BCUT2D eigenvalue weighted by Gasteiger charge is 2.03. The van der Waals surface area contributed by atoms with Gasteiger partial charge in [-0.2, -0.15) is 0 Å². The van der Waals surface area contributed by atoms with Crippen molar-refractivity contribution in [3.63, 3.8) is 0 Å². The first-order valence-electron chi connectivity index (χ1n) is 6.08. The molecule has 1 aromatic carbocycles. The first-order chi connectivity index (χ1) is 8.96. The summed E-state index contributed by atoms with van der Waals surface area (Å²) in [7, 11) is -2.89. The highest BCUT2D eigenvalue weighted by molar-refractivity contribution is 7.90. The van der Waals surface area contributed by atoms with E-state index in [9.17, 15) is 8.42 Å². The van der Waals surface area contributed by atoms with Crippen molar-refractivity contribution in [1.29, 1.82) is 0 Å². The highest BCUT2D eigenvalue weighted by Crippen LogP contribution is 2.20. The zero-order valence-electron chi connectivity index (χ0n) is 10.8. The van der Waals surface area contributed by atoms with Gasteiger partial charge in [0.2, 0.25) is 0 Å². The third-order valence-corrected chi connectivity index (χ3v) is 4.10. The van der Waals surface area contributed by atoms with E-state index >= 15 is 0 Å². The molecule has 0 spiro atoms. The van der Waals surface area contributed by atoms with Crippen LogP contribution in [0.3, 0.4) is 0 Å². The predicted molar refractivity (Wildman–Crippen MR) is 79.5 cm³/mol. The number of halogens is 1. The smallest absolute Gasteiger partial charge is 0.148 e. The fraction of sp³-hybridized carbons (Fsp3) is 0.385. The van der Waals surface area contributed by atoms with Gasteiger partial charge in [-0.15, -0.1) is 0 Å². The standard InChI is InChI=1S/C13H17ClN2O2S/c1-19(17,18)9-6-15-5-8-16-7-4-11-2-3-12(14)10-13(11)16/h2-4,7,10,15H,5-6,8-9H2,1H3. The van der Waals surface area contributed by atoms with Crippen LogP contribution in [0.4, 0.5) is 0 Å². The van der Waals surface area contributed by atoms with Crippen LogP contribution in [-0.2, 0) is 16.4 Å². The number of hydrogen-bond donors (Lipinski definition) is 1. The van der Waals surface area contributed by atoms with Gasteiger partial charge in [-0.25, -0.2) is 8.42 Å². The first-order valence-corrected chi connectivity index (χ1v) is 8.52. The molecule has 0 unspecified atom stereocenters. The normalized spacial score (nSPS) is 12.1. The summed E-state index contributed by atoms with van der Waals surface area (Å²) in [4.78, 5) is 0. The topological polar surface area (TPSA) is 51.1 Å². The van der Waals surface area contributed by atoms with Gasteiger partial charge in [-0.3, -0.25) is 0 Å². The van der Waals surface area contributed by atoms with Gasteiger partial charge < -0.3 is 9.88 Å². The average Bonchev–Trinajstić information content (AvgIpc) is 2.70. The lowest BCUT2D eigenvalue weighted by atomic mass is 10.2. The molecule has 0 saturated carbocycles. The first kappa shape index (κ1) is 14.4. The number of benzene rings is 1. The maximum atomic E-state index is 11.0. The third-order valence-electron chi connectivity index (χ3n) is 2.92. The van der Waals surface area contributed by atoms with E-state index in [0.717, 1.165) is 29.0 Å². The van der Waals surface area contributed by atoms with Crippen molar-refractivity contribution in [3.05, 3.63) is 35.5 Å². The summed E-state index contributed by atoms with van der Waals surface area (Å²) in [5, 5.41) is 5.00. The molecular weight excluding hydrogens is 284 g/mol. The van der Waals surface area contributed by atoms with Crippen LogP contribution < -0.4 is 5.32 Å². The van der Waals surface area contributed by atoms with Crippen molar-refractivity contribution in [1.82, 2.24) is 9.88 Å². The molecule has 0 fully saturated rings. The molecule has 1 heterocycles. The lowest BCUT2D eigenvalue weighted by molar-refractivity contribution is 0.589. The van der Waals surface area contributed by atoms with Gasteiger partial charge in [0.25, 0.3) is 0 Å². The molecular formula is C13H17ClN2O2S. The van der Waals surface area contributed by atoms with Gasteiger partial charge in [0.15, 0.2) is 0 Å². The van der Waals surface area contributed by atoms with E-state index in [0.29, 0.717) is 6.54 Å². The van der Waals surface area contributed by atoms with Gasteiger partial charge in [0.05, 0.1) is 5.75 Å². The Balaban J connectivity index is 1.90. The Morgan fingerprint density at radius 2 is 2.05 bits per heavy atom. The summed E-state index contributed by atoms with van der Waals surface area (Å²) in [6, 6.07) is 7.85. The molecule has 0 aliphatic carbocycles. The van der Waals surface area contributed by atoms with Crippen LogP contribution in [0.2, 0.25) is 5.02 Å². The fourth-order valence-corrected chi connectivity index (χ4v) is 2.62. The molecule has 2 rings (SSSR count). The Kier molecular flexibility index (Phi) is 4.50. The van der Waals surface area contributed by atoms with Crippen LogP contribution in [0.1, 0.15) is 0 Å². The van der Waals surface area contributed by atoms with Gasteiger partial charge in [-0.1, -0.05) is 17.7 Å². The summed E-state index contributed by atoms with van der Waals surface area (Å²) in [5.41, 5.74) is 1.09. The lowest BCUT2D eigenvalue weighted by Crippen LogP contribution is -2.25. The maximum Gasteiger partial charge on any atom is 0.148 e. The van der Waals surface area contributed by atoms with E-state index in [-0.39, 0.29) is 5.75 Å². The van der Waals surface area contributed by atoms with Gasteiger partial charge in [0.1, 0.15) is 9.84 Å². The number of nitrogens with zero attached hydrogens (tertiary/aromatic N) is 1. The van der Waals surface area contributed by atoms with E-state index in [1.165, 1.54) is 6.26 Å². The summed E-state index contributed by atoms with van der Waals surface area (Å²) in [6.45, 7) is 2.00. The summed E-state index contributed by atoms with van der Waals surface area (Å²) >= 11 is 5.99. The Hall–Kier alpha value is -1.04. The Morgan fingerprint density at radius 3 is 2.79 bits per heavy atom. The molecule has 0 aliphatic heterocycles. The minimum atomic E-state index is -2.89. The molecule has 0 amide bonds. The molecule has 19 heavy (non-hydrogen) atoms. The summed E-state index contributed by atoms with van der Waals surface area (Å²) in [5.74, 6) is 0.172. The highest BCUT2D eigenvalue weighted by atomic mass is 35.5. The molecule has 0 atom stereocenters. The molecule has 6 heteroatoms. The van der Waals surface area contributed by atoms with Crippen LogP contribution in [0.15, 0.2) is 30.5 Å². The SMILES string of the molecule is CS(=O)(=O)CCNCCn1ccc2ccc(Cl)cc21. The molecule has 0 aliphatic rings. The largest absolute Gasteiger partial charge is 0.346 e. The van der Waals surface area contributed by atoms with E-state index in [2.05, 4.69) is 9.88 Å². The van der Waals surface area contributed by atoms with E-state index in [1.54, 1.807) is 0 Å². The second kappa shape index (κ2) is 5.94. The number of hydrogen-bond acceptors (Lipinski definition) is 3. The third kappa shape index (κ3) is 4.23. The zero-order chi connectivity index (χ0) is 13.9. The van der Waals surface area contributed by atoms with Crippen LogP contribution in [0.5, 0.6) is 0 Å². The average molecular weight is 301 g/mol. The molecule has 1 N–H and O–H groups in total. The summed E-state index contributed by atoms with van der Waals surface area (Å²) < 4.78 is 24.1. The van der Waals surface area contributed by atoms with Gasteiger partial charge >= 0.3 is 0 Å². The van der Waals surface area contributed by atoms with Gasteiger partial charge in [0, 0.05) is 42.6 Å². The van der Waals surface area contributed by atoms with Crippen LogP contribution in [0.25, 0.3) is 10.9 Å². The Labute approximate surface area is 118 Å². The quantitative estimate of drug-likeness (QED) is 0.829. The van der Waals surface area contributed by atoms with Crippen LogP contribution in [0, 0.1) is 0 Å². The Bertz CT molecular complexity index is 664.